The summed E-state index contributed by atoms with van der Waals surface area (Å²) in [5.41, 5.74) is 0.789. The Hall–Kier alpha value is -2.13. The minimum absolute atomic E-state index is 0.0242. The van der Waals surface area contributed by atoms with E-state index in [9.17, 15) is 18.0 Å². The Kier molecular flexibility index (Phi) is 8.20. The summed E-state index contributed by atoms with van der Waals surface area (Å²) in [5.74, 6) is -1.18. The minimum Gasteiger partial charge on any atom is -0.480 e. The Morgan fingerprint density at radius 3 is 2.46 bits per heavy atom. The molecule has 0 spiro atoms. The van der Waals surface area contributed by atoms with E-state index in [0.717, 1.165) is 11.8 Å². The SMILES string of the molecule is CS(=O)(=O)OCCCCC(NC(=O)OCc1ccccc1)C(=O)O. The number of amides is 1. The van der Waals surface area contributed by atoms with Gasteiger partial charge in [-0.3, -0.25) is 4.18 Å². The minimum atomic E-state index is -3.50. The summed E-state index contributed by atoms with van der Waals surface area (Å²) in [6.45, 7) is 0.0187. The summed E-state index contributed by atoms with van der Waals surface area (Å²) >= 11 is 0. The Morgan fingerprint density at radius 1 is 1.21 bits per heavy atom. The quantitative estimate of drug-likeness (QED) is 0.480. The zero-order valence-electron chi connectivity index (χ0n) is 13.3. The lowest BCUT2D eigenvalue weighted by Crippen LogP contribution is -2.41. The molecule has 134 valence electrons. The number of nitrogens with one attached hydrogen (secondary N) is 1. The van der Waals surface area contributed by atoms with Gasteiger partial charge >= 0.3 is 12.1 Å². The van der Waals surface area contributed by atoms with Gasteiger partial charge < -0.3 is 15.2 Å². The van der Waals surface area contributed by atoms with Crippen LogP contribution in [0.3, 0.4) is 0 Å². The topological polar surface area (TPSA) is 119 Å². The number of unbranched alkanes of at least 4 members (excludes halogenated alkanes) is 1. The fourth-order valence-electron chi connectivity index (χ4n) is 1.83. The lowest BCUT2D eigenvalue weighted by molar-refractivity contribution is -0.139. The number of carboxylic acid groups (broad SMARTS) is 1. The summed E-state index contributed by atoms with van der Waals surface area (Å²) in [6.07, 6.45) is 1.00. The smallest absolute Gasteiger partial charge is 0.408 e. The maximum Gasteiger partial charge on any atom is 0.408 e. The molecule has 0 aliphatic carbocycles. The monoisotopic (exact) mass is 359 g/mol. The Labute approximate surface area is 140 Å². The van der Waals surface area contributed by atoms with Crippen molar-refractivity contribution in [2.45, 2.75) is 31.9 Å². The lowest BCUT2D eigenvalue weighted by Gasteiger charge is -2.14. The van der Waals surface area contributed by atoms with Gasteiger partial charge in [-0.05, 0) is 24.8 Å². The standard InChI is InChI=1S/C15H21NO7S/c1-24(20,21)23-10-6-5-9-13(14(17)18)16-15(19)22-11-12-7-3-2-4-8-12/h2-4,7-8,13H,5-6,9-11H2,1H3,(H,16,19)(H,17,18). The van der Waals surface area contributed by atoms with Crippen molar-refractivity contribution in [1.29, 1.82) is 0 Å². The van der Waals surface area contributed by atoms with Crippen LogP contribution in [0.5, 0.6) is 0 Å². The van der Waals surface area contributed by atoms with Gasteiger partial charge in [0.15, 0.2) is 0 Å². The number of hydrogen-bond donors (Lipinski definition) is 2. The van der Waals surface area contributed by atoms with Gasteiger partial charge in [-0.2, -0.15) is 8.42 Å². The summed E-state index contributed by atoms with van der Waals surface area (Å²) < 4.78 is 31.1. The number of carbonyl (C=O) groups is 2. The Morgan fingerprint density at radius 2 is 1.88 bits per heavy atom. The van der Waals surface area contributed by atoms with E-state index >= 15 is 0 Å². The Balaban J connectivity index is 2.31. The van der Waals surface area contributed by atoms with E-state index in [-0.39, 0.29) is 19.6 Å². The molecule has 0 bridgehead atoms. The van der Waals surface area contributed by atoms with Gasteiger partial charge in [-0.15, -0.1) is 0 Å². The van der Waals surface area contributed by atoms with E-state index < -0.39 is 28.2 Å². The first kappa shape index (κ1) is 19.9. The third-order valence-electron chi connectivity index (χ3n) is 2.99. The van der Waals surface area contributed by atoms with Crippen LogP contribution in [-0.4, -0.2) is 44.5 Å². The molecule has 0 aromatic heterocycles. The average molecular weight is 359 g/mol. The van der Waals surface area contributed by atoms with Crippen molar-refractivity contribution in [3.63, 3.8) is 0 Å². The fourth-order valence-corrected chi connectivity index (χ4v) is 2.25. The van der Waals surface area contributed by atoms with Gasteiger partial charge in [0.25, 0.3) is 10.1 Å². The number of benzene rings is 1. The molecule has 0 aliphatic heterocycles. The van der Waals surface area contributed by atoms with Crippen molar-refractivity contribution < 1.29 is 32.0 Å². The van der Waals surface area contributed by atoms with Crippen LogP contribution in [0.15, 0.2) is 30.3 Å². The zero-order chi connectivity index (χ0) is 18.0. The van der Waals surface area contributed by atoms with Crippen LogP contribution in [0.4, 0.5) is 4.79 Å². The first-order valence-electron chi connectivity index (χ1n) is 7.32. The normalized spacial score (nSPS) is 12.4. The van der Waals surface area contributed by atoms with Crippen molar-refractivity contribution in [1.82, 2.24) is 5.32 Å². The summed E-state index contributed by atoms with van der Waals surface area (Å²) in [4.78, 5) is 22.8. The van der Waals surface area contributed by atoms with E-state index in [1.54, 1.807) is 24.3 Å². The molecule has 9 heteroatoms. The van der Waals surface area contributed by atoms with Crippen LogP contribution in [0.25, 0.3) is 0 Å². The lowest BCUT2D eigenvalue weighted by atomic mass is 10.1. The maximum absolute atomic E-state index is 11.7. The molecular weight excluding hydrogens is 338 g/mol. The molecule has 1 rings (SSSR count). The number of aliphatic carboxylic acids is 1. The molecule has 1 aromatic carbocycles. The van der Waals surface area contributed by atoms with Crippen molar-refractivity contribution >= 4 is 22.2 Å². The number of ether oxygens (including phenoxy) is 1. The van der Waals surface area contributed by atoms with Crippen LogP contribution in [0.2, 0.25) is 0 Å². The van der Waals surface area contributed by atoms with E-state index in [4.69, 9.17) is 9.84 Å². The molecule has 0 saturated carbocycles. The summed E-state index contributed by atoms with van der Waals surface area (Å²) in [5, 5.41) is 11.4. The van der Waals surface area contributed by atoms with Crippen molar-refractivity contribution in [2.75, 3.05) is 12.9 Å². The molecule has 24 heavy (non-hydrogen) atoms. The largest absolute Gasteiger partial charge is 0.480 e. The summed E-state index contributed by atoms with van der Waals surface area (Å²) in [6, 6.07) is 7.89. The van der Waals surface area contributed by atoms with E-state index in [1.807, 2.05) is 6.07 Å². The van der Waals surface area contributed by atoms with Crippen LogP contribution in [0.1, 0.15) is 24.8 Å². The van der Waals surface area contributed by atoms with E-state index in [2.05, 4.69) is 9.50 Å². The highest BCUT2D eigenvalue weighted by atomic mass is 32.2. The van der Waals surface area contributed by atoms with Gasteiger partial charge in [-0.25, -0.2) is 9.59 Å². The van der Waals surface area contributed by atoms with Crippen molar-refractivity contribution in [3.05, 3.63) is 35.9 Å². The first-order chi connectivity index (χ1) is 11.3. The van der Waals surface area contributed by atoms with Crippen molar-refractivity contribution in [3.8, 4) is 0 Å². The molecule has 0 aliphatic rings. The number of alkyl carbamates (subject to hydrolysis) is 1. The molecule has 8 nitrogen and oxygen atoms in total. The summed E-state index contributed by atoms with van der Waals surface area (Å²) in [7, 11) is -3.50. The van der Waals surface area contributed by atoms with Crippen LogP contribution < -0.4 is 5.32 Å². The molecular formula is C15H21NO7S. The number of carbonyl (C=O) groups excluding carboxylic acids is 1. The third-order valence-corrected chi connectivity index (χ3v) is 3.58. The predicted molar refractivity (Wildman–Crippen MR) is 85.8 cm³/mol. The van der Waals surface area contributed by atoms with E-state index in [1.165, 1.54) is 0 Å². The number of carboxylic acids is 1. The van der Waals surface area contributed by atoms with Gasteiger partial charge in [-0.1, -0.05) is 30.3 Å². The first-order valence-corrected chi connectivity index (χ1v) is 9.14. The highest BCUT2D eigenvalue weighted by Gasteiger charge is 2.20. The van der Waals surface area contributed by atoms with Gasteiger partial charge in [0.2, 0.25) is 0 Å². The van der Waals surface area contributed by atoms with Gasteiger partial charge in [0, 0.05) is 0 Å². The zero-order valence-corrected chi connectivity index (χ0v) is 14.1. The second-order valence-electron chi connectivity index (χ2n) is 5.12. The molecule has 0 radical (unpaired) electrons. The number of hydrogen-bond acceptors (Lipinski definition) is 6. The molecule has 1 unspecified atom stereocenters. The third kappa shape index (κ3) is 9.11. The highest BCUT2D eigenvalue weighted by molar-refractivity contribution is 7.85. The second-order valence-corrected chi connectivity index (χ2v) is 6.76. The van der Waals surface area contributed by atoms with Crippen LogP contribution >= 0.6 is 0 Å². The molecule has 1 aromatic rings. The predicted octanol–water partition coefficient (Wildman–Crippen LogP) is 1.51. The molecule has 1 atom stereocenters. The molecule has 0 fully saturated rings. The van der Waals surface area contributed by atoms with Crippen LogP contribution in [0, 0.1) is 0 Å². The highest BCUT2D eigenvalue weighted by Crippen LogP contribution is 2.05. The maximum atomic E-state index is 11.7. The molecule has 0 saturated heterocycles. The van der Waals surface area contributed by atoms with E-state index in [0.29, 0.717) is 12.8 Å². The fraction of sp³-hybridized carbons (Fsp3) is 0.467. The molecule has 0 heterocycles. The Bertz CT molecular complexity index is 630. The van der Waals surface area contributed by atoms with Crippen molar-refractivity contribution in [2.24, 2.45) is 0 Å². The van der Waals surface area contributed by atoms with Gasteiger partial charge in [0.1, 0.15) is 12.6 Å². The second kappa shape index (κ2) is 9.89. The molecule has 2 N–H and O–H groups in total. The molecule has 1 amide bonds. The average Bonchev–Trinajstić information content (AvgIpc) is 2.51. The number of rotatable bonds is 10. The van der Waals surface area contributed by atoms with Gasteiger partial charge in [0.05, 0.1) is 12.9 Å². The van der Waals surface area contributed by atoms with Crippen LogP contribution in [-0.2, 0) is 30.4 Å².